The fourth-order valence-electron chi connectivity index (χ4n) is 1.11. The van der Waals surface area contributed by atoms with Crippen molar-refractivity contribution in [3.05, 3.63) is 23.9 Å². The number of carbonyl (C=O) groups excluding carboxylic acids is 2. The van der Waals surface area contributed by atoms with Gasteiger partial charge in [-0.05, 0) is 12.1 Å². The summed E-state index contributed by atoms with van der Waals surface area (Å²) >= 11 is 0. The van der Waals surface area contributed by atoms with Gasteiger partial charge in [-0.1, -0.05) is 0 Å². The molecule has 0 saturated carbocycles. The number of pyridine rings is 1. The highest BCUT2D eigenvalue weighted by Crippen LogP contribution is 2.08. The van der Waals surface area contributed by atoms with Crippen molar-refractivity contribution in [1.29, 1.82) is 0 Å². The van der Waals surface area contributed by atoms with Crippen LogP contribution in [-0.2, 0) is 4.74 Å². The van der Waals surface area contributed by atoms with Gasteiger partial charge in [0.2, 0.25) is 0 Å². The largest absolute Gasteiger partial charge is 0.448 e. The maximum Gasteiger partial charge on any atom is 0.404 e. The Morgan fingerprint density at radius 2 is 2.24 bits per heavy atom. The molecule has 0 aliphatic heterocycles. The molecule has 0 radical (unpaired) electrons. The minimum absolute atomic E-state index is 0.00667. The molecule has 1 heterocycles. The Bertz CT molecular complexity index is 409. The molecule has 92 valence electrons. The van der Waals surface area contributed by atoms with E-state index < -0.39 is 6.09 Å². The molecule has 0 bridgehead atoms. The van der Waals surface area contributed by atoms with Gasteiger partial charge in [0.05, 0.1) is 12.1 Å². The predicted molar refractivity (Wildman–Crippen MR) is 59.9 cm³/mol. The predicted octanol–water partition coefficient (Wildman–Crippen LogP) is -0.808. The number of aromatic nitrogens is 1. The van der Waals surface area contributed by atoms with Crippen LogP contribution in [0.15, 0.2) is 18.3 Å². The Balaban J connectivity index is 2.49. The number of nitrogens with zero attached hydrogens (tertiary/aromatic N) is 1. The highest BCUT2D eigenvalue weighted by atomic mass is 16.5. The van der Waals surface area contributed by atoms with Crippen molar-refractivity contribution in [3.8, 4) is 0 Å². The maximum absolute atomic E-state index is 11.7. The molecular formula is C9H13N5O3. The lowest BCUT2D eigenvalue weighted by Gasteiger charge is -2.08. The van der Waals surface area contributed by atoms with Crippen LogP contribution in [0.5, 0.6) is 0 Å². The molecule has 17 heavy (non-hydrogen) atoms. The van der Waals surface area contributed by atoms with Crippen LogP contribution in [0, 0.1) is 0 Å². The number of nitrogens with two attached hydrogens (primary N) is 2. The quantitative estimate of drug-likeness (QED) is 0.302. The second kappa shape index (κ2) is 6.28. The molecule has 0 aromatic carbocycles. The molecule has 0 saturated heterocycles. The SMILES string of the molecule is NNc1ncccc1C(=O)NCCOC(N)=O. The lowest BCUT2D eigenvalue weighted by molar-refractivity contribution is 0.0937. The lowest BCUT2D eigenvalue weighted by Crippen LogP contribution is -2.30. The summed E-state index contributed by atoms with van der Waals surface area (Å²) in [7, 11) is 0. The molecular weight excluding hydrogens is 226 g/mol. The molecule has 0 unspecified atom stereocenters. The van der Waals surface area contributed by atoms with Gasteiger partial charge in [0.1, 0.15) is 6.61 Å². The molecule has 0 spiro atoms. The Morgan fingerprint density at radius 1 is 1.47 bits per heavy atom. The van der Waals surface area contributed by atoms with Crippen molar-refractivity contribution in [2.24, 2.45) is 11.6 Å². The number of nitrogens with one attached hydrogen (secondary N) is 2. The first-order valence-corrected chi connectivity index (χ1v) is 4.77. The minimum atomic E-state index is -0.884. The van der Waals surface area contributed by atoms with E-state index >= 15 is 0 Å². The number of rotatable bonds is 5. The molecule has 8 nitrogen and oxygen atoms in total. The van der Waals surface area contributed by atoms with Crippen molar-refractivity contribution >= 4 is 17.8 Å². The van der Waals surface area contributed by atoms with E-state index in [2.05, 4.69) is 20.5 Å². The lowest BCUT2D eigenvalue weighted by atomic mass is 10.2. The van der Waals surface area contributed by atoms with E-state index in [9.17, 15) is 9.59 Å². The average Bonchev–Trinajstić information content (AvgIpc) is 2.34. The third kappa shape index (κ3) is 3.95. The van der Waals surface area contributed by atoms with Gasteiger partial charge < -0.3 is 21.2 Å². The molecule has 6 N–H and O–H groups in total. The first kappa shape index (κ1) is 12.7. The molecule has 0 atom stereocenters. The van der Waals surface area contributed by atoms with Crippen LogP contribution in [0.4, 0.5) is 10.6 Å². The molecule has 0 fully saturated rings. The van der Waals surface area contributed by atoms with Gasteiger partial charge in [-0.15, -0.1) is 0 Å². The molecule has 8 heteroatoms. The van der Waals surface area contributed by atoms with E-state index in [1.165, 1.54) is 6.20 Å². The van der Waals surface area contributed by atoms with Crippen molar-refractivity contribution in [1.82, 2.24) is 10.3 Å². The molecule has 2 amide bonds. The van der Waals surface area contributed by atoms with Crippen LogP contribution in [0.25, 0.3) is 0 Å². The molecule has 1 aromatic heterocycles. The summed E-state index contributed by atoms with van der Waals surface area (Å²) in [6.07, 6.45) is 0.618. The number of amides is 2. The van der Waals surface area contributed by atoms with Crippen molar-refractivity contribution < 1.29 is 14.3 Å². The van der Waals surface area contributed by atoms with Gasteiger partial charge in [-0.25, -0.2) is 15.6 Å². The normalized spacial score (nSPS) is 9.47. The molecule has 1 rings (SSSR count). The monoisotopic (exact) mass is 239 g/mol. The number of primary amides is 1. The van der Waals surface area contributed by atoms with E-state index in [4.69, 9.17) is 11.6 Å². The summed E-state index contributed by atoms with van der Waals surface area (Å²) in [6, 6.07) is 3.17. The topological polar surface area (TPSA) is 132 Å². The maximum atomic E-state index is 11.7. The average molecular weight is 239 g/mol. The highest BCUT2D eigenvalue weighted by molar-refractivity contribution is 5.98. The first-order chi connectivity index (χ1) is 8.15. The molecule has 1 aromatic rings. The summed E-state index contributed by atoms with van der Waals surface area (Å²) in [5.74, 6) is 5.09. The fourth-order valence-corrected chi connectivity index (χ4v) is 1.11. The van der Waals surface area contributed by atoms with Gasteiger partial charge >= 0.3 is 6.09 Å². The summed E-state index contributed by atoms with van der Waals surface area (Å²) < 4.78 is 4.45. The van der Waals surface area contributed by atoms with Gasteiger partial charge in [0.15, 0.2) is 5.82 Å². The number of anilines is 1. The smallest absolute Gasteiger partial charge is 0.404 e. The van der Waals surface area contributed by atoms with E-state index in [0.717, 1.165) is 0 Å². The van der Waals surface area contributed by atoms with Gasteiger partial charge in [0.25, 0.3) is 5.91 Å². The summed E-state index contributed by atoms with van der Waals surface area (Å²) in [5, 5.41) is 2.52. The number of ether oxygens (including phenoxy) is 1. The van der Waals surface area contributed by atoms with Crippen LogP contribution in [0.3, 0.4) is 0 Å². The third-order valence-electron chi connectivity index (χ3n) is 1.82. The standard InChI is InChI=1S/C9H13N5O3/c10-9(16)17-5-4-13-8(15)6-2-1-3-12-7(6)14-11/h1-3H,4-5,11H2,(H2,10,16)(H,12,14)(H,13,15). The Hall–Kier alpha value is -2.35. The summed E-state index contributed by atoms with van der Waals surface area (Å²) in [5.41, 5.74) is 7.36. The Morgan fingerprint density at radius 3 is 2.88 bits per heavy atom. The summed E-state index contributed by atoms with van der Waals surface area (Å²) in [4.78, 5) is 25.8. The van der Waals surface area contributed by atoms with Gasteiger partial charge in [-0.2, -0.15) is 0 Å². The van der Waals surface area contributed by atoms with Crippen LogP contribution < -0.4 is 22.3 Å². The number of hydrogen-bond acceptors (Lipinski definition) is 6. The fraction of sp³-hybridized carbons (Fsp3) is 0.222. The second-order valence-corrected chi connectivity index (χ2v) is 2.97. The van der Waals surface area contributed by atoms with E-state index in [-0.39, 0.29) is 24.9 Å². The van der Waals surface area contributed by atoms with Crippen molar-refractivity contribution in [2.75, 3.05) is 18.6 Å². The highest BCUT2D eigenvalue weighted by Gasteiger charge is 2.10. The number of carbonyl (C=O) groups is 2. The Kier molecular flexibility index (Phi) is 4.70. The Labute approximate surface area is 97.3 Å². The van der Waals surface area contributed by atoms with Gasteiger partial charge in [-0.3, -0.25) is 4.79 Å². The second-order valence-electron chi connectivity index (χ2n) is 2.97. The van der Waals surface area contributed by atoms with Crippen LogP contribution in [0.1, 0.15) is 10.4 Å². The number of nitrogen functional groups attached to an aromatic ring is 1. The summed E-state index contributed by atoms with van der Waals surface area (Å²) in [6.45, 7) is 0.160. The minimum Gasteiger partial charge on any atom is -0.448 e. The molecule has 0 aliphatic carbocycles. The van der Waals surface area contributed by atoms with Crippen molar-refractivity contribution in [3.63, 3.8) is 0 Å². The van der Waals surface area contributed by atoms with E-state index in [1.54, 1.807) is 12.1 Å². The third-order valence-corrected chi connectivity index (χ3v) is 1.82. The van der Waals surface area contributed by atoms with Crippen LogP contribution in [-0.4, -0.2) is 30.1 Å². The zero-order chi connectivity index (χ0) is 12.7. The number of hydrazine groups is 1. The zero-order valence-electron chi connectivity index (χ0n) is 8.97. The zero-order valence-corrected chi connectivity index (χ0v) is 8.97. The first-order valence-electron chi connectivity index (χ1n) is 4.77. The number of hydrogen-bond donors (Lipinski definition) is 4. The van der Waals surface area contributed by atoms with E-state index in [0.29, 0.717) is 5.56 Å². The van der Waals surface area contributed by atoms with E-state index in [1.807, 2.05) is 0 Å². The van der Waals surface area contributed by atoms with Crippen molar-refractivity contribution in [2.45, 2.75) is 0 Å². The van der Waals surface area contributed by atoms with Gasteiger partial charge in [0, 0.05) is 6.20 Å². The van der Waals surface area contributed by atoms with Crippen LogP contribution >= 0.6 is 0 Å². The molecule has 0 aliphatic rings. The van der Waals surface area contributed by atoms with Crippen LogP contribution in [0.2, 0.25) is 0 Å².